The predicted octanol–water partition coefficient (Wildman–Crippen LogP) is 2.92. The molecule has 1 aliphatic rings. The van der Waals surface area contributed by atoms with Crippen LogP contribution in [0.5, 0.6) is 0 Å². The lowest BCUT2D eigenvalue weighted by Gasteiger charge is -2.28. The summed E-state index contributed by atoms with van der Waals surface area (Å²) in [6.45, 7) is 9.44. The zero-order valence-electron chi connectivity index (χ0n) is 13.7. The minimum absolute atomic E-state index is 0.432. The standard InChI is InChI=1S/C17H22N2O2S2/c1-12-8-13(2)17(14(3)9-12)23(20,21)16-10-15(11-22-16)19-6-4-18-5-7-19/h8-11,18H,4-7H2,1-3H3. The number of sulfone groups is 1. The second-order valence-electron chi connectivity index (χ2n) is 6.09. The molecule has 0 bridgehead atoms. The van der Waals surface area contributed by atoms with Crippen LogP contribution in [0.1, 0.15) is 16.7 Å². The number of hydrogen-bond donors (Lipinski definition) is 1. The Morgan fingerprint density at radius 3 is 2.26 bits per heavy atom. The third-order valence-electron chi connectivity index (χ3n) is 4.18. The molecule has 0 saturated carbocycles. The molecule has 2 heterocycles. The second kappa shape index (κ2) is 6.26. The summed E-state index contributed by atoms with van der Waals surface area (Å²) in [5.74, 6) is 0. The van der Waals surface area contributed by atoms with Gasteiger partial charge in [0.25, 0.3) is 0 Å². The first-order chi connectivity index (χ1) is 10.9. The summed E-state index contributed by atoms with van der Waals surface area (Å²) in [4.78, 5) is 2.69. The molecule has 0 aliphatic carbocycles. The SMILES string of the molecule is Cc1cc(C)c(S(=O)(=O)c2cc(N3CCNCC3)cs2)c(C)c1. The molecule has 1 fully saturated rings. The third kappa shape index (κ3) is 3.16. The molecule has 124 valence electrons. The lowest BCUT2D eigenvalue weighted by atomic mass is 10.1. The van der Waals surface area contributed by atoms with E-state index >= 15 is 0 Å². The molecule has 1 saturated heterocycles. The first-order valence-corrected chi connectivity index (χ1v) is 10.1. The molecule has 1 aromatic carbocycles. The molecule has 23 heavy (non-hydrogen) atoms. The van der Waals surface area contributed by atoms with E-state index in [2.05, 4.69) is 10.2 Å². The van der Waals surface area contributed by atoms with Gasteiger partial charge in [0, 0.05) is 37.2 Å². The van der Waals surface area contributed by atoms with Crippen LogP contribution in [0.15, 0.2) is 32.7 Å². The van der Waals surface area contributed by atoms with Crippen molar-refractivity contribution in [1.82, 2.24) is 5.32 Å². The van der Waals surface area contributed by atoms with Crippen LogP contribution in [0.2, 0.25) is 0 Å². The van der Waals surface area contributed by atoms with Crippen LogP contribution in [0.25, 0.3) is 0 Å². The van der Waals surface area contributed by atoms with Crippen LogP contribution in [0.3, 0.4) is 0 Å². The fraction of sp³-hybridized carbons (Fsp3) is 0.412. The molecular formula is C17H22N2O2S2. The summed E-state index contributed by atoms with van der Waals surface area (Å²) in [6.07, 6.45) is 0. The van der Waals surface area contributed by atoms with Crippen LogP contribution in [-0.2, 0) is 9.84 Å². The van der Waals surface area contributed by atoms with Crippen LogP contribution < -0.4 is 10.2 Å². The maximum atomic E-state index is 13.1. The van der Waals surface area contributed by atoms with Gasteiger partial charge in [0.05, 0.1) is 4.90 Å². The average Bonchev–Trinajstić information content (AvgIpc) is 2.97. The van der Waals surface area contributed by atoms with E-state index in [0.717, 1.165) is 48.6 Å². The lowest BCUT2D eigenvalue weighted by Crippen LogP contribution is -2.43. The van der Waals surface area contributed by atoms with Crippen molar-refractivity contribution < 1.29 is 8.42 Å². The third-order valence-corrected chi connectivity index (χ3v) is 7.67. The highest BCUT2D eigenvalue weighted by molar-refractivity contribution is 7.93. The summed E-state index contributed by atoms with van der Waals surface area (Å²) in [6, 6.07) is 5.69. The number of aryl methyl sites for hydroxylation is 3. The van der Waals surface area contributed by atoms with Crippen molar-refractivity contribution >= 4 is 26.9 Å². The van der Waals surface area contributed by atoms with Crippen LogP contribution in [-0.4, -0.2) is 34.6 Å². The van der Waals surface area contributed by atoms with Crippen LogP contribution >= 0.6 is 11.3 Å². The fourth-order valence-electron chi connectivity index (χ4n) is 3.23. The van der Waals surface area contributed by atoms with Gasteiger partial charge in [0.2, 0.25) is 9.84 Å². The van der Waals surface area contributed by atoms with Crippen molar-refractivity contribution in [2.45, 2.75) is 29.9 Å². The van der Waals surface area contributed by atoms with Gasteiger partial charge in [-0.05, 0) is 38.0 Å². The molecule has 0 radical (unpaired) electrons. The number of piperazine rings is 1. The van der Waals surface area contributed by atoms with E-state index in [4.69, 9.17) is 0 Å². The van der Waals surface area contributed by atoms with Gasteiger partial charge < -0.3 is 10.2 Å². The first-order valence-electron chi connectivity index (χ1n) is 7.77. The molecule has 4 nitrogen and oxygen atoms in total. The molecule has 1 aliphatic heterocycles. The minimum atomic E-state index is -3.46. The highest BCUT2D eigenvalue weighted by atomic mass is 32.2. The van der Waals surface area contributed by atoms with Crippen molar-refractivity contribution in [3.8, 4) is 0 Å². The van der Waals surface area contributed by atoms with E-state index in [9.17, 15) is 8.42 Å². The molecule has 2 aromatic rings. The van der Waals surface area contributed by atoms with Gasteiger partial charge in [0.15, 0.2) is 0 Å². The number of anilines is 1. The Labute approximate surface area is 142 Å². The largest absolute Gasteiger partial charge is 0.368 e. The Hall–Kier alpha value is -1.37. The molecule has 0 unspecified atom stereocenters. The normalized spacial score (nSPS) is 15.9. The van der Waals surface area contributed by atoms with E-state index in [1.54, 1.807) is 0 Å². The summed E-state index contributed by atoms with van der Waals surface area (Å²) >= 11 is 1.32. The summed E-state index contributed by atoms with van der Waals surface area (Å²) in [5, 5.41) is 5.27. The summed E-state index contributed by atoms with van der Waals surface area (Å²) < 4.78 is 26.6. The minimum Gasteiger partial charge on any atom is -0.368 e. The van der Waals surface area contributed by atoms with Gasteiger partial charge in [-0.1, -0.05) is 17.7 Å². The van der Waals surface area contributed by atoms with Crippen molar-refractivity contribution in [3.63, 3.8) is 0 Å². The zero-order valence-corrected chi connectivity index (χ0v) is 15.4. The molecule has 6 heteroatoms. The maximum absolute atomic E-state index is 13.1. The highest BCUT2D eigenvalue weighted by Crippen LogP contribution is 2.34. The van der Waals surface area contributed by atoms with E-state index < -0.39 is 9.84 Å². The Kier molecular flexibility index (Phi) is 4.49. The summed E-state index contributed by atoms with van der Waals surface area (Å²) in [5.41, 5.74) is 3.74. The van der Waals surface area contributed by atoms with Crippen molar-refractivity contribution in [2.24, 2.45) is 0 Å². The van der Waals surface area contributed by atoms with Crippen molar-refractivity contribution in [3.05, 3.63) is 40.3 Å². The molecule has 3 rings (SSSR count). The van der Waals surface area contributed by atoms with Crippen molar-refractivity contribution in [2.75, 3.05) is 31.1 Å². The number of rotatable bonds is 3. The Morgan fingerprint density at radius 1 is 1.04 bits per heavy atom. The zero-order chi connectivity index (χ0) is 16.6. The second-order valence-corrected chi connectivity index (χ2v) is 9.12. The fourth-order valence-corrected chi connectivity index (χ4v) is 6.21. The Balaban J connectivity index is 1.99. The van der Waals surface area contributed by atoms with Crippen LogP contribution in [0.4, 0.5) is 5.69 Å². The number of nitrogens with one attached hydrogen (secondary N) is 1. The van der Waals surface area contributed by atoms with Gasteiger partial charge in [-0.3, -0.25) is 0 Å². The summed E-state index contributed by atoms with van der Waals surface area (Å²) in [7, 11) is -3.46. The Bertz CT molecular complexity index is 796. The molecule has 1 N–H and O–H groups in total. The van der Waals surface area contributed by atoms with Crippen LogP contribution in [0, 0.1) is 20.8 Å². The average molecular weight is 351 g/mol. The van der Waals surface area contributed by atoms with Gasteiger partial charge in [-0.15, -0.1) is 11.3 Å². The first kappa shape index (κ1) is 16.5. The number of hydrogen-bond acceptors (Lipinski definition) is 5. The van der Waals surface area contributed by atoms with E-state index in [1.807, 2.05) is 44.4 Å². The monoisotopic (exact) mass is 350 g/mol. The molecule has 0 atom stereocenters. The topological polar surface area (TPSA) is 49.4 Å². The van der Waals surface area contributed by atoms with Gasteiger partial charge in [-0.2, -0.15) is 0 Å². The predicted molar refractivity (Wildman–Crippen MR) is 95.5 cm³/mol. The number of thiophene rings is 1. The number of nitrogens with zero attached hydrogens (tertiary/aromatic N) is 1. The van der Waals surface area contributed by atoms with Gasteiger partial charge in [0.1, 0.15) is 4.21 Å². The lowest BCUT2D eigenvalue weighted by molar-refractivity contribution is 0.589. The van der Waals surface area contributed by atoms with Gasteiger partial charge in [-0.25, -0.2) is 8.42 Å². The molecular weight excluding hydrogens is 328 g/mol. The van der Waals surface area contributed by atoms with E-state index in [-0.39, 0.29) is 0 Å². The number of benzene rings is 1. The highest BCUT2D eigenvalue weighted by Gasteiger charge is 2.25. The van der Waals surface area contributed by atoms with Crippen molar-refractivity contribution in [1.29, 1.82) is 0 Å². The van der Waals surface area contributed by atoms with E-state index in [0.29, 0.717) is 9.10 Å². The smallest absolute Gasteiger partial charge is 0.216 e. The molecule has 0 amide bonds. The van der Waals surface area contributed by atoms with Gasteiger partial charge >= 0.3 is 0 Å². The molecule has 0 spiro atoms. The van der Waals surface area contributed by atoms with E-state index in [1.165, 1.54) is 11.3 Å². The maximum Gasteiger partial charge on any atom is 0.216 e. The quantitative estimate of drug-likeness (QED) is 0.925. The molecule has 1 aromatic heterocycles. The Morgan fingerprint density at radius 2 is 1.65 bits per heavy atom.